The minimum absolute atomic E-state index is 0.0593. The van der Waals surface area contributed by atoms with Crippen LogP contribution in [-0.4, -0.2) is 24.6 Å². The van der Waals surface area contributed by atoms with Crippen LogP contribution < -0.4 is 0 Å². The molecule has 0 saturated heterocycles. The lowest BCUT2D eigenvalue weighted by Gasteiger charge is -1.99. The maximum atomic E-state index is 10.9. The molecule has 2 aromatic carbocycles. The van der Waals surface area contributed by atoms with Gasteiger partial charge >= 0.3 is 0 Å². The molecular formula is C17H13N5O3. The number of nitro groups is 1. The van der Waals surface area contributed by atoms with E-state index in [1.165, 1.54) is 6.07 Å². The summed E-state index contributed by atoms with van der Waals surface area (Å²) in [6.07, 6.45) is 1.75. The summed E-state index contributed by atoms with van der Waals surface area (Å²) in [5, 5.41) is 14.9. The molecule has 25 heavy (non-hydrogen) atoms. The molecule has 0 N–H and O–H groups in total. The maximum absolute atomic E-state index is 10.9. The molecule has 2 heterocycles. The fourth-order valence-corrected chi connectivity index (χ4v) is 2.73. The number of aromatic nitrogens is 4. The Balaban J connectivity index is 1.71. The first kappa shape index (κ1) is 15.0. The van der Waals surface area contributed by atoms with Crippen molar-refractivity contribution in [3.8, 4) is 22.8 Å². The predicted molar refractivity (Wildman–Crippen MR) is 90.8 cm³/mol. The summed E-state index contributed by atoms with van der Waals surface area (Å²) in [5.41, 5.74) is 3.89. The van der Waals surface area contributed by atoms with Gasteiger partial charge in [0.1, 0.15) is 0 Å². The molecule has 0 saturated carbocycles. The zero-order valence-corrected chi connectivity index (χ0v) is 13.5. The minimum Gasteiger partial charge on any atom is -0.334 e. The zero-order chi connectivity index (χ0) is 17.6. The van der Waals surface area contributed by atoms with Crippen molar-refractivity contribution in [1.82, 2.24) is 19.7 Å². The van der Waals surface area contributed by atoms with E-state index >= 15 is 0 Å². The number of hydrogen-bond acceptors (Lipinski definition) is 6. The number of nitro benzene ring substituents is 1. The van der Waals surface area contributed by atoms with Crippen molar-refractivity contribution >= 4 is 16.7 Å². The molecule has 0 aliphatic carbocycles. The Morgan fingerprint density at radius 1 is 1.16 bits per heavy atom. The highest BCUT2D eigenvalue weighted by Crippen LogP contribution is 2.27. The SMILES string of the molecule is Cc1cc(-c2nc(-c3ccc4c(c3)ncn4C)no2)ccc1[N+](=O)[O-]. The predicted octanol–water partition coefficient (Wildman–Crippen LogP) is 3.51. The first-order valence-electron chi connectivity index (χ1n) is 7.53. The molecule has 8 nitrogen and oxygen atoms in total. The summed E-state index contributed by atoms with van der Waals surface area (Å²) in [5.74, 6) is 0.757. The third-order valence-electron chi connectivity index (χ3n) is 4.05. The van der Waals surface area contributed by atoms with Gasteiger partial charge in [-0.05, 0) is 37.3 Å². The summed E-state index contributed by atoms with van der Waals surface area (Å²) in [6, 6.07) is 10.4. The highest BCUT2D eigenvalue weighted by molar-refractivity contribution is 5.80. The number of nitrogens with zero attached hydrogens (tertiary/aromatic N) is 5. The second kappa shape index (κ2) is 5.52. The van der Waals surface area contributed by atoms with Crippen LogP contribution in [0.4, 0.5) is 5.69 Å². The van der Waals surface area contributed by atoms with Gasteiger partial charge in [-0.3, -0.25) is 10.1 Å². The molecule has 0 unspecified atom stereocenters. The van der Waals surface area contributed by atoms with Crippen LogP contribution in [0.15, 0.2) is 47.2 Å². The summed E-state index contributed by atoms with van der Waals surface area (Å²) in [7, 11) is 1.93. The number of imidazole rings is 1. The molecule has 0 amide bonds. The minimum atomic E-state index is -0.416. The molecule has 4 aromatic rings. The Kier molecular flexibility index (Phi) is 3.31. The van der Waals surface area contributed by atoms with Crippen LogP contribution in [0.3, 0.4) is 0 Å². The Hall–Kier alpha value is -3.55. The van der Waals surface area contributed by atoms with E-state index in [9.17, 15) is 10.1 Å². The molecule has 0 bridgehead atoms. The highest BCUT2D eigenvalue weighted by Gasteiger charge is 2.16. The lowest BCUT2D eigenvalue weighted by atomic mass is 10.1. The number of aryl methyl sites for hydroxylation is 2. The molecule has 0 aliphatic rings. The topological polar surface area (TPSA) is 99.9 Å². The molecule has 124 valence electrons. The summed E-state index contributed by atoms with van der Waals surface area (Å²) in [6.45, 7) is 1.67. The van der Waals surface area contributed by atoms with Crippen LogP contribution in [0.2, 0.25) is 0 Å². The number of benzene rings is 2. The normalized spacial score (nSPS) is 11.1. The highest BCUT2D eigenvalue weighted by atomic mass is 16.6. The number of hydrogen-bond donors (Lipinski definition) is 0. The Bertz CT molecular complexity index is 1110. The van der Waals surface area contributed by atoms with E-state index in [1.54, 1.807) is 25.4 Å². The largest absolute Gasteiger partial charge is 0.334 e. The van der Waals surface area contributed by atoms with Crippen molar-refractivity contribution in [3.63, 3.8) is 0 Å². The second-order valence-corrected chi connectivity index (χ2v) is 5.74. The van der Waals surface area contributed by atoms with Gasteiger partial charge in [0.05, 0.1) is 22.3 Å². The van der Waals surface area contributed by atoms with Gasteiger partial charge in [0.25, 0.3) is 11.6 Å². The first-order valence-corrected chi connectivity index (χ1v) is 7.53. The van der Waals surface area contributed by atoms with Crippen molar-refractivity contribution in [2.45, 2.75) is 6.92 Å². The average molecular weight is 335 g/mol. The Morgan fingerprint density at radius 2 is 1.96 bits per heavy atom. The zero-order valence-electron chi connectivity index (χ0n) is 13.5. The molecule has 0 aliphatic heterocycles. The van der Waals surface area contributed by atoms with Crippen LogP contribution in [0.25, 0.3) is 33.9 Å². The lowest BCUT2D eigenvalue weighted by molar-refractivity contribution is -0.385. The van der Waals surface area contributed by atoms with Gasteiger partial charge in [0.15, 0.2) is 0 Å². The van der Waals surface area contributed by atoms with E-state index in [0.29, 0.717) is 22.8 Å². The standard InChI is InChI=1S/C17H13N5O3/c1-10-7-12(4-5-14(10)22(23)24)17-19-16(20-25-17)11-3-6-15-13(8-11)18-9-21(15)2/h3-9H,1-2H3. The first-order chi connectivity index (χ1) is 12.0. The molecule has 0 radical (unpaired) electrons. The number of rotatable bonds is 3. The van der Waals surface area contributed by atoms with Crippen LogP contribution in [0.5, 0.6) is 0 Å². The van der Waals surface area contributed by atoms with Crippen molar-refractivity contribution in [2.75, 3.05) is 0 Å². The second-order valence-electron chi connectivity index (χ2n) is 5.74. The molecule has 0 spiro atoms. The van der Waals surface area contributed by atoms with Crippen molar-refractivity contribution in [3.05, 3.63) is 58.4 Å². The van der Waals surface area contributed by atoms with Gasteiger partial charge in [-0.15, -0.1) is 0 Å². The van der Waals surface area contributed by atoms with Gasteiger partial charge in [-0.1, -0.05) is 5.16 Å². The van der Waals surface area contributed by atoms with E-state index in [-0.39, 0.29) is 5.69 Å². The van der Waals surface area contributed by atoms with E-state index in [2.05, 4.69) is 15.1 Å². The quantitative estimate of drug-likeness (QED) is 0.419. The smallest absolute Gasteiger partial charge is 0.272 e. The van der Waals surface area contributed by atoms with Crippen LogP contribution in [-0.2, 0) is 7.05 Å². The van der Waals surface area contributed by atoms with Gasteiger partial charge in [-0.25, -0.2) is 4.98 Å². The molecule has 0 atom stereocenters. The van der Waals surface area contributed by atoms with Crippen LogP contribution in [0, 0.1) is 17.0 Å². The fourth-order valence-electron chi connectivity index (χ4n) is 2.73. The maximum Gasteiger partial charge on any atom is 0.272 e. The summed E-state index contributed by atoms with van der Waals surface area (Å²) >= 11 is 0. The summed E-state index contributed by atoms with van der Waals surface area (Å²) < 4.78 is 7.25. The van der Waals surface area contributed by atoms with Gasteiger partial charge in [0.2, 0.25) is 5.82 Å². The van der Waals surface area contributed by atoms with Crippen molar-refractivity contribution in [2.24, 2.45) is 7.05 Å². The van der Waals surface area contributed by atoms with E-state index in [0.717, 1.165) is 16.6 Å². The third kappa shape index (κ3) is 2.53. The molecular weight excluding hydrogens is 322 g/mol. The Morgan fingerprint density at radius 3 is 2.72 bits per heavy atom. The molecule has 0 fully saturated rings. The number of fused-ring (bicyclic) bond motifs is 1. The molecule has 2 aromatic heterocycles. The summed E-state index contributed by atoms with van der Waals surface area (Å²) in [4.78, 5) is 19.2. The van der Waals surface area contributed by atoms with Crippen molar-refractivity contribution in [1.29, 1.82) is 0 Å². The lowest BCUT2D eigenvalue weighted by Crippen LogP contribution is -1.91. The van der Waals surface area contributed by atoms with Crippen molar-refractivity contribution < 1.29 is 9.45 Å². The monoisotopic (exact) mass is 335 g/mol. The molecule has 8 heteroatoms. The fraction of sp³-hybridized carbons (Fsp3) is 0.118. The average Bonchev–Trinajstić information content (AvgIpc) is 3.22. The van der Waals surface area contributed by atoms with Crippen LogP contribution in [0.1, 0.15) is 5.56 Å². The van der Waals surface area contributed by atoms with Gasteiger partial charge < -0.3 is 9.09 Å². The molecule has 4 rings (SSSR count). The van der Waals surface area contributed by atoms with E-state index in [4.69, 9.17) is 4.52 Å². The van der Waals surface area contributed by atoms with Gasteiger partial charge in [0, 0.05) is 29.8 Å². The van der Waals surface area contributed by atoms with E-state index < -0.39 is 4.92 Å². The Labute approximate surface area is 141 Å². The van der Waals surface area contributed by atoms with Crippen LogP contribution >= 0.6 is 0 Å². The van der Waals surface area contributed by atoms with Gasteiger partial charge in [-0.2, -0.15) is 4.98 Å². The van der Waals surface area contributed by atoms with E-state index in [1.807, 2.05) is 29.8 Å². The third-order valence-corrected chi connectivity index (χ3v) is 4.05.